The molecular formula is C8H18N2O2. The molecule has 4 nitrogen and oxygen atoms in total. The first-order valence-corrected chi connectivity index (χ1v) is 4.31. The molecule has 0 rings (SSSR count). The number of nitrogens with one attached hydrogen (secondary N) is 1. The molecule has 4 heteroatoms. The van der Waals surface area contributed by atoms with Crippen molar-refractivity contribution in [3.05, 3.63) is 0 Å². The van der Waals surface area contributed by atoms with Gasteiger partial charge in [-0.1, -0.05) is 0 Å². The van der Waals surface area contributed by atoms with Crippen molar-refractivity contribution in [2.45, 2.75) is 32.2 Å². The Kier molecular flexibility index (Phi) is 6.70. The van der Waals surface area contributed by atoms with Crippen LogP contribution >= 0.6 is 0 Å². The molecule has 1 atom stereocenters. The van der Waals surface area contributed by atoms with Crippen LogP contribution in [0.15, 0.2) is 0 Å². The second-order valence-electron chi connectivity index (χ2n) is 2.87. The molecule has 0 aliphatic rings. The third-order valence-corrected chi connectivity index (χ3v) is 1.57. The fourth-order valence-electron chi connectivity index (χ4n) is 0.948. The summed E-state index contributed by atoms with van der Waals surface area (Å²) < 4.78 is 0. The van der Waals surface area contributed by atoms with Gasteiger partial charge in [0.2, 0.25) is 5.91 Å². The van der Waals surface area contributed by atoms with Crippen molar-refractivity contribution < 1.29 is 9.90 Å². The molecule has 0 fully saturated rings. The Bertz CT molecular complexity index is 128. The highest BCUT2D eigenvalue weighted by molar-refractivity contribution is 5.76. The number of aliphatic hydroxyl groups excluding tert-OH is 1. The summed E-state index contributed by atoms with van der Waals surface area (Å²) in [6.45, 7) is 2.49. The van der Waals surface area contributed by atoms with E-state index in [0.29, 0.717) is 13.0 Å². The molecule has 0 aliphatic heterocycles. The summed E-state index contributed by atoms with van der Waals surface area (Å²) in [5.74, 6) is -0.0112. The lowest BCUT2D eigenvalue weighted by molar-refractivity contribution is -0.121. The predicted molar refractivity (Wildman–Crippen MR) is 47.6 cm³/mol. The zero-order chi connectivity index (χ0) is 9.40. The highest BCUT2D eigenvalue weighted by atomic mass is 16.2. The quantitative estimate of drug-likeness (QED) is 0.513. The normalized spacial score (nSPS) is 12.6. The molecule has 0 aromatic rings. The lowest BCUT2D eigenvalue weighted by atomic mass is 10.2. The van der Waals surface area contributed by atoms with Crippen LogP contribution < -0.4 is 11.1 Å². The van der Waals surface area contributed by atoms with Gasteiger partial charge in [0.15, 0.2) is 0 Å². The lowest BCUT2D eigenvalue weighted by Gasteiger charge is -2.12. The topological polar surface area (TPSA) is 75.3 Å². The fourth-order valence-corrected chi connectivity index (χ4v) is 0.948. The average Bonchev–Trinajstić information content (AvgIpc) is 2.01. The zero-order valence-corrected chi connectivity index (χ0v) is 7.55. The number of hydrogen-bond donors (Lipinski definition) is 3. The van der Waals surface area contributed by atoms with Crippen LogP contribution in [0.2, 0.25) is 0 Å². The summed E-state index contributed by atoms with van der Waals surface area (Å²) in [5, 5.41) is 11.3. The minimum absolute atomic E-state index is 0.0112. The Morgan fingerprint density at radius 3 is 2.83 bits per heavy atom. The molecule has 0 bridgehead atoms. The minimum atomic E-state index is -0.0112. The Morgan fingerprint density at radius 2 is 2.33 bits per heavy atom. The van der Waals surface area contributed by atoms with Crippen molar-refractivity contribution in [2.24, 2.45) is 5.73 Å². The van der Waals surface area contributed by atoms with Gasteiger partial charge in [-0.3, -0.25) is 4.79 Å². The van der Waals surface area contributed by atoms with E-state index in [-0.39, 0.29) is 18.6 Å². The van der Waals surface area contributed by atoms with Gasteiger partial charge in [0.1, 0.15) is 0 Å². The van der Waals surface area contributed by atoms with Crippen LogP contribution in [0.5, 0.6) is 0 Å². The standard InChI is InChI=1S/C8H18N2O2/c1-7(3-2-6-11)10-8(12)4-5-9/h7,11H,2-6,9H2,1H3,(H,10,12). The van der Waals surface area contributed by atoms with Gasteiger partial charge in [0, 0.05) is 25.6 Å². The van der Waals surface area contributed by atoms with Crippen molar-refractivity contribution in [3.8, 4) is 0 Å². The van der Waals surface area contributed by atoms with Crippen molar-refractivity contribution in [1.29, 1.82) is 0 Å². The molecule has 0 radical (unpaired) electrons. The van der Waals surface area contributed by atoms with Crippen LogP contribution in [0.4, 0.5) is 0 Å². The molecule has 1 unspecified atom stereocenters. The van der Waals surface area contributed by atoms with Crippen LogP contribution in [0.3, 0.4) is 0 Å². The Morgan fingerprint density at radius 1 is 1.67 bits per heavy atom. The third kappa shape index (κ3) is 6.12. The molecule has 0 saturated carbocycles. The number of nitrogens with two attached hydrogens (primary N) is 1. The smallest absolute Gasteiger partial charge is 0.221 e. The molecule has 0 aliphatic carbocycles. The minimum Gasteiger partial charge on any atom is -0.396 e. The molecule has 72 valence electrons. The van der Waals surface area contributed by atoms with Crippen LogP contribution in [-0.4, -0.2) is 30.2 Å². The van der Waals surface area contributed by atoms with Gasteiger partial charge in [-0.2, -0.15) is 0 Å². The first-order chi connectivity index (χ1) is 5.70. The number of carbonyl (C=O) groups is 1. The summed E-state index contributed by atoms with van der Waals surface area (Å²) in [6.07, 6.45) is 1.92. The largest absolute Gasteiger partial charge is 0.396 e. The Hall–Kier alpha value is -0.610. The van der Waals surface area contributed by atoms with Crippen LogP contribution in [0, 0.1) is 0 Å². The Balaban J connectivity index is 3.40. The van der Waals surface area contributed by atoms with Gasteiger partial charge in [0.05, 0.1) is 0 Å². The number of carbonyl (C=O) groups excluding carboxylic acids is 1. The molecule has 0 spiro atoms. The molecule has 0 heterocycles. The van der Waals surface area contributed by atoms with Crippen LogP contribution in [0.25, 0.3) is 0 Å². The maximum atomic E-state index is 11.0. The maximum Gasteiger partial charge on any atom is 0.221 e. The second kappa shape index (κ2) is 7.06. The highest BCUT2D eigenvalue weighted by Crippen LogP contribution is 1.95. The highest BCUT2D eigenvalue weighted by Gasteiger charge is 2.04. The Labute approximate surface area is 73.1 Å². The summed E-state index contributed by atoms with van der Waals surface area (Å²) >= 11 is 0. The number of hydrogen-bond acceptors (Lipinski definition) is 3. The fraction of sp³-hybridized carbons (Fsp3) is 0.875. The van der Waals surface area contributed by atoms with Crippen molar-refractivity contribution in [2.75, 3.05) is 13.2 Å². The summed E-state index contributed by atoms with van der Waals surface area (Å²) in [7, 11) is 0. The van der Waals surface area contributed by atoms with Crippen molar-refractivity contribution >= 4 is 5.91 Å². The monoisotopic (exact) mass is 174 g/mol. The van der Waals surface area contributed by atoms with E-state index in [1.165, 1.54) is 0 Å². The molecular weight excluding hydrogens is 156 g/mol. The van der Waals surface area contributed by atoms with Crippen molar-refractivity contribution in [3.63, 3.8) is 0 Å². The molecule has 0 aromatic heterocycles. The van der Waals surface area contributed by atoms with Gasteiger partial charge >= 0.3 is 0 Å². The molecule has 0 saturated heterocycles. The number of amides is 1. The van der Waals surface area contributed by atoms with Crippen molar-refractivity contribution in [1.82, 2.24) is 5.32 Å². The molecule has 0 aromatic carbocycles. The second-order valence-corrected chi connectivity index (χ2v) is 2.87. The average molecular weight is 174 g/mol. The number of aliphatic hydroxyl groups is 1. The summed E-state index contributed by atoms with van der Waals surface area (Å²) in [6, 6.07) is 0.135. The number of rotatable bonds is 6. The first-order valence-electron chi connectivity index (χ1n) is 4.31. The van der Waals surface area contributed by atoms with E-state index < -0.39 is 0 Å². The van der Waals surface area contributed by atoms with E-state index in [2.05, 4.69) is 5.32 Å². The molecule has 12 heavy (non-hydrogen) atoms. The van der Waals surface area contributed by atoms with E-state index in [1.807, 2.05) is 6.92 Å². The van der Waals surface area contributed by atoms with Crippen LogP contribution in [-0.2, 0) is 4.79 Å². The van der Waals surface area contributed by atoms with E-state index in [0.717, 1.165) is 12.8 Å². The maximum absolute atomic E-state index is 11.0. The van der Waals surface area contributed by atoms with E-state index in [1.54, 1.807) is 0 Å². The van der Waals surface area contributed by atoms with Gasteiger partial charge in [-0.15, -0.1) is 0 Å². The van der Waals surface area contributed by atoms with E-state index in [4.69, 9.17) is 10.8 Å². The van der Waals surface area contributed by atoms with Crippen LogP contribution in [0.1, 0.15) is 26.2 Å². The zero-order valence-electron chi connectivity index (χ0n) is 7.55. The first kappa shape index (κ1) is 11.4. The van der Waals surface area contributed by atoms with E-state index >= 15 is 0 Å². The lowest BCUT2D eigenvalue weighted by Crippen LogP contribution is -2.33. The van der Waals surface area contributed by atoms with E-state index in [9.17, 15) is 4.79 Å². The summed E-state index contributed by atoms with van der Waals surface area (Å²) in [4.78, 5) is 11.0. The predicted octanol–water partition coefficient (Wildman–Crippen LogP) is -0.388. The molecule has 4 N–H and O–H groups in total. The summed E-state index contributed by atoms with van der Waals surface area (Å²) in [5.41, 5.74) is 5.20. The SMILES string of the molecule is CC(CCCO)NC(=O)CCN. The molecule has 1 amide bonds. The van der Waals surface area contributed by atoms with Gasteiger partial charge in [-0.25, -0.2) is 0 Å². The third-order valence-electron chi connectivity index (χ3n) is 1.57. The van der Waals surface area contributed by atoms with Gasteiger partial charge < -0.3 is 16.2 Å². The van der Waals surface area contributed by atoms with Gasteiger partial charge in [0.25, 0.3) is 0 Å². The van der Waals surface area contributed by atoms with Gasteiger partial charge in [-0.05, 0) is 19.8 Å².